The molecule has 9 heteroatoms. The van der Waals surface area contributed by atoms with E-state index in [2.05, 4.69) is 46.6 Å². The molecule has 1 aliphatic heterocycles. The van der Waals surface area contributed by atoms with E-state index in [9.17, 15) is 0 Å². The second-order valence-electron chi connectivity index (χ2n) is 17.6. The summed E-state index contributed by atoms with van der Waals surface area (Å²) < 4.78 is 33.0. The van der Waals surface area contributed by atoms with Crippen LogP contribution in [0.25, 0.3) is 16.4 Å². The SMILES string of the molecule is CS(=O)(=O)[O-].C[N-]c1ccccc1-c1[c-]cccc1.[Pd+2].c1ccc([PH+](C23CC4CC(CC(C4)C2)C3)C23CC4CC(CC(C4)C2)C3)c(N2CCOCC2)c1. The van der Waals surface area contributed by atoms with Crippen molar-refractivity contribution in [2.45, 2.75) is 87.4 Å². The second kappa shape index (κ2) is 16.4. The van der Waals surface area contributed by atoms with Crippen molar-refractivity contribution in [2.24, 2.45) is 35.5 Å². The molecule has 0 unspecified atom stereocenters. The monoisotopic (exact) mass is 846 g/mol. The third kappa shape index (κ3) is 8.65. The standard InChI is InChI=1S/C30H42NOP.C13H11N.CH4O3S.Pd/c1-2-4-28(27(3-1)31-5-7-32-8-6-31)33(29-15-21-9-22(16-29)11-23(10-21)17-29)30-18-24-12-25(19-30)14-26(13-24)20-30;1-14-13-10-6-5-9-12(13)11-7-3-2-4-8-11;1-5(2,3)4;/h1-4,21-26H,5-20H2;2-7,9-10H,1H3;1H3,(H,2,3,4);/q;-2;;+2. The van der Waals surface area contributed by atoms with Gasteiger partial charge in [-0.15, -0.1) is 48.5 Å². The van der Waals surface area contributed by atoms with E-state index in [1.807, 2.05) is 54.8 Å². The summed E-state index contributed by atoms with van der Waals surface area (Å²) in [6, 6.07) is 29.2. The number of ether oxygens (including phenoxy) is 1. The van der Waals surface area contributed by atoms with Gasteiger partial charge in [0.2, 0.25) is 0 Å². The van der Waals surface area contributed by atoms with Gasteiger partial charge in [-0.2, -0.15) is 5.69 Å². The Morgan fingerprint density at radius 3 is 1.66 bits per heavy atom. The van der Waals surface area contributed by atoms with Gasteiger partial charge >= 0.3 is 20.4 Å². The third-order valence-electron chi connectivity index (χ3n) is 13.8. The summed E-state index contributed by atoms with van der Waals surface area (Å²) in [5, 5.41) is 7.51. The van der Waals surface area contributed by atoms with E-state index in [0.717, 1.165) is 78.6 Å². The average Bonchev–Trinajstić information content (AvgIpc) is 3.11. The zero-order valence-electron chi connectivity index (χ0n) is 31.5. The number of benzene rings is 3. The van der Waals surface area contributed by atoms with Crippen LogP contribution in [0.4, 0.5) is 11.4 Å². The molecule has 0 aromatic heterocycles. The zero-order valence-corrected chi connectivity index (χ0v) is 34.8. The van der Waals surface area contributed by atoms with E-state index in [4.69, 9.17) is 17.7 Å². The largest absolute Gasteiger partial charge is 2.00 e. The Bertz CT molecular complexity index is 1680. The molecule has 8 aliphatic carbocycles. The number of hydrogen-bond acceptors (Lipinski definition) is 5. The third-order valence-corrected chi connectivity index (χ3v) is 18.1. The summed E-state index contributed by atoms with van der Waals surface area (Å²) >= 11 is 0. The Balaban J connectivity index is 0.000000182. The van der Waals surface area contributed by atoms with Crippen LogP contribution in [0, 0.1) is 41.6 Å². The van der Waals surface area contributed by atoms with Gasteiger partial charge < -0.3 is 19.5 Å². The summed E-state index contributed by atoms with van der Waals surface area (Å²) in [6.07, 6.45) is 19.7. The first-order chi connectivity index (χ1) is 25.1. The van der Waals surface area contributed by atoms with Crippen LogP contribution in [0.3, 0.4) is 0 Å². The van der Waals surface area contributed by atoms with E-state index >= 15 is 0 Å². The first-order valence-corrected chi connectivity index (χ1v) is 23.3. The summed E-state index contributed by atoms with van der Waals surface area (Å²) in [7, 11) is -2.78. The van der Waals surface area contributed by atoms with Gasteiger partial charge in [-0.05, 0) is 125 Å². The number of hydrogen-bond donors (Lipinski definition) is 0. The fourth-order valence-electron chi connectivity index (χ4n) is 13.2. The molecule has 0 radical (unpaired) electrons. The Morgan fingerprint density at radius 1 is 0.736 bits per heavy atom. The average molecular weight is 847 g/mol. The molecule has 0 spiro atoms. The van der Waals surface area contributed by atoms with Crippen molar-refractivity contribution in [3.05, 3.63) is 84.2 Å². The van der Waals surface area contributed by atoms with Crippen molar-refractivity contribution in [3.63, 3.8) is 0 Å². The fourth-order valence-corrected chi connectivity index (χ4v) is 19.2. The molecule has 288 valence electrons. The van der Waals surface area contributed by atoms with Crippen molar-refractivity contribution < 1.29 is 38.1 Å². The maximum Gasteiger partial charge on any atom is 2.00 e. The van der Waals surface area contributed by atoms with Crippen LogP contribution in [0.1, 0.15) is 77.0 Å². The van der Waals surface area contributed by atoms with Gasteiger partial charge in [-0.3, -0.25) is 0 Å². The van der Waals surface area contributed by atoms with Crippen LogP contribution in [-0.4, -0.2) is 62.9 Å². The smallest absolute Gasteiger partial charge is 0.748 e. The molecule has 6 nitrogen and oxygen atoms in total. The molecule has 12 rings (SSSR count). The Hall–Kier alpha value is -1.78. The number of rotatable bonds is 6. The van der Waals surface area contributed by atoms with Gasteiger partial charge in [0.05, 0.1) is 39.3 Å². The van der Waals surface area contributed by atoms with Crippen molar-refractivity contribution in [3.8, 4) is 11.1 Å². The Morgan fingerprint density at radius 2 is 1.19 bits per heavy atom. The molecule has 1 heterocycles. The van der Waals surface area contributed by atoms with Gasteiger partial charge in [0.1, 0.15) is 5.30 Å². The molecule has 8 saturated carbocycles. The topological polar surface area (TPSA) is 83.8 Å². The Labute approximate surface area is 333 Å². The molecular formula is C44H57N2O4PPdS. The minimum Gasteiger partial charge on any atom is -0.748 e. The molecule has 0 atom stereocenters. The number of anilines is 1. The molecule has 9 fully saturated rings. The maximum absolute atomic E-state index is 9.08. The predicted octanol–water partition coefficient (Wildman–Crippen LogP) is 9.25. The zero-order chi connectivity index (χ0) is 35.9. The predicted molar refractivity (Wildman–Crippen MR) is 215 cm³/mol. The minimum absolute atomic E-state index is 0. The van der Waals surface area contributed by atoms with Crippen LogP contribution in [-0.2, 0) is 35.3 Å². The maximum atomic E-state index is 9.08. The first-order valence-electron chi connectivity index (χ1n) is 20.0. The van der Waals surface area contributed by atoms with Crippen molar-refractivity contribution in [2.75, 3.05) is 44.5 Å². The molecule has 53 heavy (non-hydrogen) atoms. The van der Waals surface area contributed by atoms with Crippen LogP contribution in [0.15, 0.2) is 72.8 Å². The van der Waals surface area contributed by atoms with Gasteiger partial charge in [-0.25, -0.2) is 8.42 Å². The quantitative estimate of drug-likeness (QED) is 0.107. The van der Waals surface area contributed by atoms with E-state index < -0.39 is 18.0 Å². The molecule has 3 aromatic carbocycles. The van der Waals surface area contributed by atoms with E-state index in [-0.39, 0.29) is 20.4 Å². The molecule has 0 N–H and O–H groups in total. The number of para-hydroxylation sites is 2. The minimum atomic E-state index is -3.92. The first kappa shape index (κ1) is 39.5. The molecule has 9 aliphatic rings. The van der Waals surface area contributed by atoms with Crippen molar-refractivity contribution in [1.29, 1.82) is 0 Å². The van der Waals surface area contributed by atoms with Crippen molar-refractivity contribution in [1.82, 2.24) is 0 Å². The molecule has 8 bridgehead atoms. The summed E-state index contributed by atoms with van der Waals surface area (Å²) in [4.78, 5) is 2.73. The van der Waals surface area contributed by atoms with Gasteiger partial charge in [0.25, 0.3) is 0 Å². The second-order valence-corrected chi connectivity index (χ2v) is 22.4. The van der Waals surface area contributed by atoms with Crippen LogP contribution in [0.2, 0.25) is 0 Å². The van der Waals surface area contributed by atoms with E-state index in [1.165, 1.54) is 0 Å². The summed E-state index contributed by atoms with van der Waals surface area (Å²) in [6.45, 7) is 4.00. The molecular weight excluding hydrogens is 790 g/mol. The number of morpholine rings is 1. The normalized spacial score (nSPS) is 33.8. The Kier molecular flexibility index (Phi) is 12.2. The van der Waals surface area contributed by atoms with E-state index in [0.29, 0.717) is 16.6 Å². The molecule has 3 aromatic rings. The molecule has 0 amide bonds. The summed E-state index contributed by atoms with van der Waals surface area (Å²) in [5.41, 5.74) is 4.88. The van der Waals surface area contributed by atoms with Crippen LogP contribution >= 0.6 is 7.92 Å². The fraction of sp³-hybridized carbons (Fsp3) is 0.591. The number of nitrogens with zero attached hydrogens (tertiary/aromatic N) is 2. The van der Waals surface area contributed by atoms with Gasteiger partial charge in [0.15, 0.2) is 0 Å². The molecule has 1 saturated heterocycles. The van der Waals surface area contributed by atoms with Gasteiger partial charge in [-0.1, -0.05) is 36.4 Å². The summed E-state index contributed by atoms with van der Waals surface area (Å²) in [5.74, 6) is 6.42. The van der Waals surface area contributed by atoms with E-state index in [1.54, 1.807) is 82.7 Å². The van der Waals surface area contributed by atoms with Crippen LogP contribution < -0.4 is 10.2 Å². The van der Waals surface area contributed by atoms with Crippen molar-refractivity contribution >= 4 is 34.7 Å². The van der Waals surface area contributed by atoms with Gasteiger partial charge in [0, 0.05) is 27.3 Å². The van der Waals surface area contributed by atoms with Crippen LogP contribution in [0.5, 0.6) is 0 Å².